The third-order valence-corrected chi connectivity index (χ3v) is 5.09. The second-order valence-corrected chi connectivity index (χ2v) is 7.91. The maximum Gasteiger partial charge on any atom is 0.266 e. The highest BCUT2D eigenvalue weighted by molar-refractivity contribution is 6.30. The van der Waals surface area contributed by atoms with Gasteiger partial charge in [-0.05, 0) is 43.7 Å². The van der Waals surface area contributed by atoms with Crippen LogP contribution in [0.4, 0.5) is 0 Å². The van der Waals surface area contributed by atoms with E-state index < -0.39 is 5.60 Å². The highest BCUT2D eigenvalue weighted by atomic mass is 35.5. The van der Waals surface area contributed by atoms with Gasteiger partial charge in [-0.15, -0.1) is 0 Å². The van der Waals surface area contributed by atoms with Gasteiger partial charge in [-0.3, -0.25) is 9.69 Å². The molecular formula is C23H27ClN2O2. The number of rotatable bonds is 6. The number of benzene rings is 2. The summed E-state index contributed by atoms with van der Waals surface area (Å²) >= 11 is 5.91. The average Bonchev–Trinajstić information content (AvgIpc) is 2.70. The molecule has 0 radical (unpaired) electrons. The lowest BCUT2D eigenvalue weighted by Gasteiger charge is -2.38. The van der Waals surface area contributed by atoms with Gasteiger partial charge in [0.05, 0.1) is 0 Å². The minimum atomic E-state index is -0.913. The molecule has 0 atom stereocenters. The number of hydrogen-bond donors (Lipinski definition) is 0. The molecule has 1 fully saturated rings. The van der Waals surface area contributed by atoms with Crippen molar-refractivity contribution >= 4 is 23.6 Å². The molecule has 148 valence electrons. The Morgan fingerprint density at radius 2 is 1.68 bits per heavy atom. The summed E-state index contributed by atoms with van der Waals surface area (Å²) in [6, 6.07) is 17.4. The molecule has 0 saturated carbocycles. The molecule has 5 heteroatoms. The van der Waals surface area contributed by atoms with Crippen LogP contribution >= 0.6 is 11.6 Å². The fourth-order valence-corrected chi connectivity index (χ4v) is 3.38. The van der Waals surface area contributed by atoms with Crippen molar-refractivity contribution in [3.05, 3.63) is 71.3 Å². The van der Waals surface area contributed by atoms with Crippen molar-refractivity contribution in [1.29, 1.82) is 0 Å². The fourth-order valence-electron chi connectivity index (χ4n) is 3.26. The first-order valence-electron chi connectivity index (χ1n) is 9.62. The standard InChI is InChI=1S/C23H27ClN2O2/c1-23(2,28-21-12-10-20(24)11-13-21)22(27)26-17-15-25(16-18-26)14-6-9-19-7-4-3-5-8-19/h3-13H,14-18H2,1-2H3/b9-6+. The van der Waals surface area contributed by atoms with E-state index in [0.717, 1.165) is 19.6 Å². The van der Waals surface area contributed by atoms with E-state index in [0.29, 0.717) is 23.9 Å². The highest BCUT2D eigenvalue weighted by Gasteiger charge is 2.35. The highest BCUT2D eigenvalue weighted by Crippen LogP contribution is 2.23. The molecule has 1 aliphatic heterocycles. The maximum atomic E-state index is 12.9. The number of hydrogen-bond acceptors (Lipinski definition) is 3. The van der Waals surface area contributed by atoms with Crippen LogP contribution in [-0.4, -0.2) is 54.0 Å². The molecule has 1 aliphatic rings. The van der Waals surface area contributed by atoms with E-state index >= 15 is 0 Å². The van der Waals surface area contributed by atoms with Gasteiger partial charge in [0, 0.05) is 37.7 Å². The van der Waals surface area contributed by atoms with Gasteiger partial charge < -0.3 is 9.64 Å². The maximum absolute atomic E-state index is 12.9. The largest absolute Gasteiger partial charge is 0.478 e. The predicted octanol–water partition coefficient (Wildman–Crippen LogP) is 4.36. The third-order valence-electron chi connectivity index (χ3n) is 4.83. The van der Waals surface area contributed by atoms with Crippen LogP contribution < -0.4 is 4.74 Å². The molecule has 0 unspecified atom stereocenters. The van der Waals surface area contributed by atoms with E-state index in [2.05, 4.69) is 29.2 Å². The Kier molecular flexibility index (Phi) is 6.76. The van der Waals surface area contributed by atoms with Crippen molar-refractivity contribution in [3.8, 4) is 5.75 Å². The Balaban J connectivity index is 1.48. The Labute approximate surface area is 172 Å². The van der Waals surface area contributed by atoms with Crippen molar-refractivity contribution in [2.45, 2.75) is 19.4 Å². The quantitative estimate of drug-likeness (QED) is 0.725. The van der Waals surface area contributed by atoms with Crippen LogP contribution in [0.25, 0.3) is 6.08 Å². The van der Waals surface area contributed by atoms with Gasteiger partial charge in [-0.2, -0.15) is 0 Å². The Morgan fingerprint density at radius 3 is 2.32 bits per heavy atom. The molecule has 28 heavy (non-hydrogen) atoms. The number of carbonyl (C=O) groups is 1. The molecular weight excluding hydrogens is 372 g/mol. The minimum absolute atomic E-state index is 0.0157. The summed E-state index contributed by atoms with van der Waals surface area (Å²) in [4.78, 5) is 17.2. The summed E-state index contributed by atoms with van der Waals surface area (Å²) in [6.45, 7) is 7.68. The number of nitrogens with zero attached hydrogens (tertiary/aromatic N) is 2. The Morgan fingerprint density at radius 1 is 1.04 bits per heavy atom. The van der Waals surface area contributed by atoms with E-state index in [1.54, 1.807) is 24.3 Å². The number of piperazine rings is 1. The zero-order chi connectivity index (χ0) is 20.0. The molecule has 2 aromatic carbocycles. The molecule has 3 rings (SSSR count). The van der Waals surface area contributed by atoms with E-state index in [4.69, 9.17) is 16.3 Å². The minimum Gasteiger partial charge on any atom is -0.478 e. The van der Waals surface area contributed by atoms with Crippen LogP contribution in [-0.2, 0) is 4.79 Å². The summed E-state index contributed by atoms with van der Waals surface area (Å²) in [6.07, 6.45) is 4.32. The Bertz CT molecular complexity index is 795. The van der Waals surface area contributed by atoms with Gasteiger partial charge in [0.25, 0.3) is 5.91 Å². The van der Waals surface area contributed by atoms with Gasteiger partial charge in [-0.1, -0.05) is 54.1 Å². The van der Waals surface area contributed by atoms with Crippen molar-refractivity contribution in [3.63, 3.8) is 0 Å². The normalized spacial score (nSPS) is 15.8. The first kappa shape index (κ1) is 20.4. The SMILES string of the molecule is CC(C)(Oc1ccc(Cl)cc1)C(=O)N1CCN(C/C=C/c2ccccc2)CC1. The number of halogens is 1. The third kappa shape index (κ3) is 5.60. The Hall–Kier alpha value is -2.30. The van der Waals surface area contributed by atoms with Gasteiger partial charge in [0.1, 0.15) is 5.75 Å². The molecule has 4 nitrogen and oxygen atoms in total. The smallest absolute Gasteiger partial charge is 0.266 e. The van der Waals surface area contributed by atoms with Crippen LogP contribution in [0.1, 0.15) is 19.4 Å². The molecule has 0 bridgehead atoms. The molecule has 2 aromatic rings. The van der Waals surface area contributed by atoms with Crippen LogP contribution in [0.15, 0.2) is 60.7 Å². The molecule has 0 aromatic heterocycles. The van der Waals surface area contributed by atoms with Crippen molar-refractivity contribution < 1.29 is 9.53 Å². The second-order valence-electron chi connectivity index (χ2n) is 7.47. The van der Waals surface area contributed by atoms with Gasteiger partial charge in [0.2, 0.25) is 0 Å². The lowest BCUT2D eigenvalue weighted by molar-refractivity contribution is -0.147. The van der Waals surface area contributed by atoms with Gasteiger partial charge in [-0.25, -0.2) is 0 Å². The van der Waals surface area contributed by atoms with Gasteiger partial charge >= 0.3 is 0 Å². The molecule has 1 heterocycles. The second kappa shape index (κ2) is 9.26. The van der Waals surface area contributed by atoms with Crippen molar-refractivity contribution in [2.24, 2.45) is 0 Å². The van der Waals surface area contributed by atoms with E-state index in [-0.39, 0.29) is 5.91 Å². The molecule has 1 saturated heterocycles. The van der Waals surface area contributed by atoms with E-state index in [1.807, 2.05) is 36.9 Å². The molecule has 0 aliphatic carbocycles. The van der Waals surface area contributed by atoms with Crippen LogP contribution in [0.2, 0.25) is 5.02 Å². The molecule has 0 N–H and O–H groups in total. The van der Waals surface area contributed by atoms with Crippen molar-refractivity contribution in [1.82, 2.24) is 9.80 Å². The lowest BCUT2D eigenvalue weighted by Crippen LogP contribution is -2.55. The number of amides is 1. The zero-order valence-corrected chi connectivity index (χ0v) is 17.2. The zero-order valence-electron chi connectivity index (χ0n) is 16.5. The molecule has 0 spiro atoms. The predicted molar refractivity (Wildman–Crippen MR) is 115 cm³/mol. The summed E-state index contributed by atoms with van der Waals surface area (Å²) in [5.41, 5.74) is 0.292. The summed E-state index contributed by atoms with van der Waals surface area (Å²) in [7, 11) is 0. The van der Waals surface area contributed by atoms with Crippen LogP contribution in [0, 0.1) is 0 Å². The topological polar surface area (TPSA) is 32.8 Å². The lowest BCUT2D eigenvalue weighted by atomic mass is 10.1. The summed E-state index contributed by atoms with van der Waals surface area (Å²) in [5.74, 6) is 0.661. The first-order chi connectivity index (χ1) is 13.4. The van der Waals surface area contributed by atoms with E-state index in [9.17, 15) is 4.79 Å². The van der Waals surface area contributed by atoms with Crippen LogP contribution in [0.5, 0.6) is 5.75 Å². The molecule has 1 amide bonds. The van der Waals surface area contributed by atoms with Crippen molar-refractivity contribution in [2.75, 3.05) is 32.7 Å². The van der Waals surface area contributed by atoms with E-state index in [1.165, 1.54) is 5.56 Å². The fraction of sp³-hybridized carbons (Fsp3) is 0.348. The van der Waals surface area contributed by atoms with Crippen LogP contribution in [0.3, 0.4) is 0 Å². The summed E-state index contributed by atoms with van der Waals surface area (Å²) < 4.78 is 5.94. The average molecular weight is 399 g/mol. The van der Waals surface area contributed by atoms with Gasteiger partial charge in [0.15, 0.2) is 5.60 Å². The number of ether oxygens (including phenoxy) is 1. The number of carbonyl (C=O) groups excluding carboxylic acids is 1. The first-order valence-corrected chi connectivity index (χ1v) is 10.00. The monoisotopic (exact) mass is 398 g/mol. The summed E-state index contributed by atoms with van der Waals surface area (Å²) in [5, 5.41) is 0.647.